The van der Waals surface area contributed by atoms with Gasteiger partial charge in [0.15, 0.2) is 0 Å². The fourth-order valence-electron chi connectivity index (χ4n) is 4.04. The Kier molecular flexibility index (Phi) is 9.61. The summed E-state index contributed by atoms with van der Waals surface area (Å²) in [6.45, 7) is 2.62. The molecule has 178 valence electrons. The Bertz CT molecular complexity index is 913. The third kappa shape index (κ3) is 7.77. The molecule has 0 bridgehead atoms. The fourth-order valence-corrected chi connectivity index (χ4v) is 4.48. The van der Waals surface area contributed by atoms with Crippen LogP contribution in [0.2, 0.25) is 0 Å². The number of nitrogens with zero attached hydrogens (tertiary/aromatic N) is 1. The highest BCUT2D eigenvalue weighted by Gasteiger charge is 2.28. The van der Waals surface area contributed by atoms with Crippen LogP contribution in [0.4, 0.5) is 0 Å². The van der Waals surface area contributed by atoms with Gasteiger partial charge in [0.05, 0.1) is 13.7 Å². The zero-order valence-corrected chi connectivity index (χ0v) is 21.0. The molecule has 0 heterocycles. The predicted molar refractivity (Wildman–Crippen MR) is 132 cm³/mol. The van der Waals surface area contributed by atoms with E-state index in [1.54, 1.807) is 12.0 Å². The number of methoxy groups -OCH3 is 1. The van der Waals surface area contributed by atoms with Gasteiger partial charge in [-0.15, -0.1) is 0 Å². The third-order valence-electron chi connectivity index (χ3n) is 5.97. The van der Waals surface area contributed by atoms with E-state index in [4.69, 9.17) is 9.47 Å². The van der Waals surface area contributed by atoms with Crippen LogP contribution < -0.4 is 14.8 Å². The van der Waals surface area contributed by atoms with Crippen molar-refractivity contribution in [2.45, 2.75) is 64.1 Å². The van der Waals surface area contributed by atoms with E-state index in [2.05, 4.69) is 21.2 Å². The number of ether oxygens (including phenoxy) is 2. The maximum Gasteiger partial charge on any atom is 0.242 e. The molecule has 1 unspecified atom stereocenters. The summed E-state index contributed by atoms with van der Waals surface area (Å²) in [4.78, 5) is 27.8. The van der Waals surface area contributed by atoms with Gasteiger partial charge in [-0.1, -0.05) is 40.9 Å². The first-order valence-electron chi connectivity index (χ1n) is 11.6. The maximum atomic E-state index is 13.2. The van der Waals surface area contributed by atoms with Gasteiger partial charge in [0.2, 0.25) is 11.8 Å². The number of hydrogen-bond donors (Lipinski definition) is 1. The van der Waals surface area contributed by atoms with Crippen LogP contribution in [-0.4, -0.2) is 42.5 Å². The second kappa shape index (κ2) is 12.6. The Hall–Kier alpha value is -2.54. The number of carbonyl (C=O) groups is 2. The van der Waals surface area contributed by atoms with Crippen molar-refractivity contribution in [3.05, 3.63) is 58.6 Å². The number of benzene rings is 2. The summed E-state index contributed by atoms with van der Waals surface area (Å²) >= 11 is 3.49. The molecule has 3 rings (SSSR count). The van der Waals surface area contributed by atoms with Crippen molar-refractivity contribution in [1.29, 1.82) is 0 Å². The highest BCUT2D eigenvalue weighted by molar-refractivity contribution is 9.10. The summed E-state index contributed by atoms with van der Waals surface area (Å²) < 4.78 is 11.9. The molecule has 1 aliphatic carbocycles. The molecule has 0 aromatic heterocycles. The number of halogens is 1. The van der Waals surface area contributed by atoms with Crippen LogP contribution >= 0.6 is 15.9 Å². The van der Waals surface area contributed by atoms with E-state index >= 15 is 0 Å². The number of carbonyl (C=O) groups excluding carboxylic acids is 2. The third-order valence-corrected chi connectivity index (χ3v) is 6.47. The van der Waals surface area contributed by atoms with Crippen LogP contribution in [0.1, 0.15) is 51.0 Å². The van der Waals surface area contributed by atoms with Crippen LogP contribution in [0.3, 0.4) is 0 Å². The number of amides is 2. The fraction of sp³-hybridized carbons (Fsp3) is 0.462. The smallest absolute Gasteiger partial charge is 0.242 e. The largest absolute Gasteiger partial charge is 0.497 e. The van der Waals surface area contributed by atoms with Gasteiger partial charge >= 0.3 is 0 Å². The van der Waals surface area contributed by atoms with Crippen molar-refractivity contribution in [1.82, 2.24) is 10.2 Å². The quantitative estimate of drug-likeness (QED) is 0.422. The summed E-state index contributed by atoms with van der Waals surface area (Å²) in [5, 5.41) is 3.13. The van der Waals surface area contributed by atoms with Crippen molar-refractivity contribution in [3.63, 3.8) is 0 Å². The van der Waals surface area contributed by atoms with E-state index in [0.29, 0.717) is 26.0 Å². The number of hydrogen-bond acceptors (Lipinski definition) is 4. The predicted octanol–water partition coefficient (Wildman–Crippen LogP) is 5.09. The molecule has 7 heteroatoms. The molecule has 1 saturated carbocycles. The standard InChI is InChI=1S/C26H33BrN2O4/c1-19(26(31)28-22-9-3-4-10-22)29(18-20-7-5-8-21(27)17-20)25(30)11-6-16-33-24-14-12-23(32-2)13-15-24/h5,7-8,12-15,17,19,22H,3-4,6,9-11,16,18H2,1-2H3,(H,28,31). The summed E-state index contributed by atoms with van der Waals surface area (Å²) in [6, 6.07) is 14.9. The molecule has 2 amide bonds. The Morgan fingerprint density at radius 2 is 1.82 bits per heavy atom. The van der Waals surface area contributed by atoms with Crippen LogP contribution in [0.25, 0.3) is 0 Å². The van der Waals surface area contributed by atoms with Gasteiger partial charge in [-0.2, -0.15) is 0 Å². The molecule has 0 radical (unpaired) electrons. The lowest BCUT2D eigenvalue weighted by Gasteiger charge is -2.30. The number of rotatable bonds is 11. The van der Waals surface area contributed by atoms with Gasteiger partial charge in [-0.25, -0.2) is 0 Å². The first kappa shape index (κ1) is 25.1. The molecular weight excluding hydrogens is 484 g/mol. The molecule has 1 aliphatic rings. The molecule has 1 N–H and O–H groups in total. The van der Waals surface area contributed by atoms with Crippen LogP contribution in [0.5, 0.6) is 11.5 Å². The minimum atomic E-state index is -0.542. The van der Waals surface area contributed by atoms with E-state index in [-0.39, 0.29) is 17.9 Å². The molecule has 2 aromatic rings. The molecule has 33 heavy (non-hydrogen) atoms. The average Bonchev–Trinajstić information content (AvgIpc) is 3.33. The normalized spacial score (nSPS) is 14.5. The topological polar surface area (TPSA) is 67.9 Å². The van der Waals surface area contributed by atoms with Crippen molar-refractivity contribution < 1.29 is 19.1 Å². The minimum Gasteiger partial charge on any atom is -0.497 e. The van der Waals surface area contributed by atoms with Crippen molar-refractivity contribution in [2.24, 2.45) is 0 Å². The molecular formula is C26H33BrN2O4. The number of nitrogens with one attached hydrogen (secondary N) is 1. The van der Waals surface area contributed by atoms with E-state index in [9.17, 15) is 9.59 Å². The van der Waals surface area contributed by atoms with Crippen molar-refractivity contribution in [2.75, 3.05) is 13.7 Å². The zero-order valence-electron chi connectivity index (χ0n) is 19.4. The van der Waals surface area contributed by atoms with E-state index in [1.165, 1.54) is 0 Å². The first-order chi connectivity index (χ1) is 16.0. The lowest BCUT2D eigenvalue weighted by atomic mass is 10.1. The van der Waals surface area contributed by atoms with E-state index in [0.717, 1.165) is 47.2 Å². The second-order valence-corrected chi connectivity index (χ2v) is 9.36. The van der Waals surface area contributed by atoms with E-state index < -0.39 is 6.04 Å². The monoisotopic (exact) mass is 516 g/mol. The maximum absolute atomic E-state index is 13.2. The van der Waals surface area contributed by atoms with E-state index in [1.807, 2.05) is 55.5 Å². The Labute approximate surface area is 204 Å². The summed E-state index contributed by atoms with van der Waals surface area (Å²) in [5.74, 6) is 1.37. The lowest BCUT2D eigenvalue weighted by Crippen LogP contribution is -2.49. The van der Waals surface area contributed by atoms with Crippen molar-refractivity contribution >= 4 is 27.7 Å². The minimum absolute atomic E-state index is 0.0534. The molecule has 6 nitrogen and oxygen atoms in total. The molecule has 0 spiro atoms. The van der Waals surface area contributed by atoms with Crippen LogP contribution in [-0.2, 0) is 16.1 Å². The van der Waals surface area contributed by atoms with Gasteiger partial charge in [0.25, 0.3) is 0 Å². The van der Waals surface area contributed by atoms with Gasteiger partial charge in [0.1, 0.15) is 17.5 Å². The highest BCUT2D eigenvalue weighted by Crippen LogP contribution is 2.20. The van der Waals surface area contributed by atoms with Crippen molar-refractivity contribution in [3.8, 4) is 11.5 Å². The van der Waals surface area contributed by atoms with Gasteiger partial charge in [0, 0.05) is 23.5 Å². The summed E-state index contributed by atoms with van der Waals surface area (Å²) in [6.07, 6.45) is 5.20. The molecule has 0 aliphatic heterocycles. The Morgan fingerprint density at radius 1 is 1.12 bits per heavy atom. The zero-order chi connectivity index (χ0) is 23.6. The van der Waals surface area contributed by atoms with Gasteiger partial charge in [-0.3, -0.25) is 9.59 Å². The second-order valence-electron chi connectivity index (χ2n) is 8.45. The SMILES string of the molecule is COc1ccc(OCCCC(=O)N(Cc2cccc(Br)c2)C(C)C(=O)NC2CCCC2)cc1. The Balaban J connectivity index is 1.58. The molecule has 2 aromatic carbocycles. The molecule has 1 fully saturated rings. The lowest BCUT2D eigenvalue weighted by molar-refractivity contribution is -0.141. The van der Waals surface area contributed by atoms with Gasteiger partial charge < -0.3 is 19.7 Å². The van der Waals surface area contributed by atoms with Gasteiger partial charge in [-0.05, 0) is 68.1 Å². The van der Waals surface area contributed by atoms with Crippen LogP contribution in [0, 0.1) is 0 Å². The molecule has 0 saturated heterocycles. The first-order valence-corrected chi connectivity index (χ1v) is 12.4. The summed E-state index contributed by atoms with van der Waals surface area (Å²) in [7, 11) is 1.62. The van der Waals surface area contributed by atoms with Crippen LogP contribution in [0.15, 0.2) is 53.0 Å². The Morgan fingerprint density at radius 3 is 2.48 bits per heavy atom. The molecule has 1 atom stereocenters. The average molecular weight is 517 g/mol. The highest BCUT2D eigenvalue weighted by atomic mass is 79.9. The summed E-state index contributed by atoms with van der Waals surface area (Å²) in [5.41, 5.74) is 0.979.